The summed E-state index contributed by atoms with van der Waals surface area (Å²) in [5.41, 5.74) is 4.33. The van der Waals surface area contributed by atoms with E-state index in [0.717, 1.165) is 0 Å². The van der Waals surface area contributed by atoms with Gasteiger partial charge in [-0.25, -0.2) is 4.39 Å². The van der Waals surface area contributed by atoms with Crippen LogP contribution in [0.4, 0.5) is 4.39 Å². The largest absolute Gasteiger partial charge is 0.327 e. The van der Waals surface area contributed by atoms with E-state index in [1.165, 1.54) is 0 Å². The fourth-order valence-electron chi connectivity index (χ4n) is 1.19. The second kappa shape index (κ2) is 4.06. The molecule has 0 radical (unpaired) electrons. The van der Waals surface area contributed by atoms with Crippen LogP contribution >= 0.6 is 0 Å². The molecule has 0 aromatic heterocycles. The summed E-state index contributed by atoms with van der Waals surface area (Å²) in [5.74, 6) is 2.30. The highest BCUT2D eigenvalue weighted by Gasteiger charge is 2.28. The quantitative estimate of drug-likeness (QED) is 0.700. The Morgan fingerprint density at radius 2 is 2.00 bits per heavy atom. The van der Waals surface area contributed by atoms with Crippen LogP contribution in [0.3, 0.4) is 0 Å². The van der Waals surface area contributed by atoms with Crippen molar-refractivity contribution in [1.29, 1.82) is 0 Å². The highest BCUT2D eigenvalue weighted by molar-refractivity contribution is 5.24. The number of rotatable bonds is 3. The second-order valence-electron chi connectivity index (χ2n) is 2.92. The van der Waals surface area contributed by atoms with E-state index in [0.29, 0.717) is 5.56 Å². The minimum Gasteiger partial charge on any atom is -0.327 e. The van der Waals surface area contributed by atoms with Crippen molar-refractivity contribution in [1.82, 2.24) is 0 Å². The van der Waals surface area contributed by atoms with Crippen molar-refractivity contribution >= 4 is 0 Å². The smallest absolute Gasteiger partial charge is 0.158 e. The summed E-state index contributed by atoms with van der Waals surface area (Å²) in [5, 5.41) is 0. The van der Waals surface area contributed by atoms with E-state index >= 15 is 0 Å². The van der Waals surface area contributed by atoms with Crippen LogP contribution < -0.4 is 5.73 Å². The lowest BCUT2D eigenvalue weighted by Crippen LogP contribution is -2.29. The van der Waals surface area contributed by atoms with E-state index in [9.17, 15) is 4.39 Å². The van der Waals surface area contributed by atoms with Gasteiger partial charge in [-0.1, -0.05) is 30.3 Å². The number of benzene rings is 1. The Hall–Kier alpha value is -1.33. The molecular formula is C11H12FN. The summed E-state index contributed by atoms with van der Waals surface area (Å²) >= 11 is 0. The van der Waals surface area contributed by atoms with Gasteiger partial charge < -0.3 is 5.73 Å². The summed E-state index contributed by atoms with van der Waals surface area (Å²) in [4.78, 5) is 0. The molecule has 1 aromatic carbocycles. The fourth-order valence-corrected chi connectivity index (χ4v) is 1.19. The molecule has 13 heavy (non-hydrogen) atoms. The standard InChI is InChI=1S/C11H12FN/c1-2-8-11(12,9-13)10-6-4-3-5-7-10/h1,3-7H,8-9,13H2. The van der Waals surface area contributed by atoms with Gasteiger partial charge in [0.2, 0.25) is 0 Å². The summed E-state index contributed by atoms with van der Waals surface area (Å²) in [6.45, 7) is -0.0821. The van der Waals surface area contributed by atoms with Gasteiger partial charge in [0.15, 0.2) is 5.67 Å². The van der Waals surface area contributed by atoms with E-state index in [1.807, 2.05) is 6.07 Å². The van der Waals surface area contributed by atoms with Crippen LogP contribution in [-0.4, -0.2) is 6.54 Å². The molecule has 0 aliphatic carbocycles. The molecule has 0 spiro atoms. The summed E-state index contributed by atoms with van der Waals surface area (Å²) in [6.07, 6.45) is 5.10. The minimum absolute atomic E-state index is 0.0213. The van der Waals surface area contributed by atoms with Gasteiger partial charge in [0.25, 0.3) is 0 Å². The number of nitrogens with two attached hydrogens (primary N) is 1. The van der Waals surface area contributed by atoms with E-state index in [2.05, 4.69) is 5.92 Å². The SMILES string of the molecule is C#CCC(F)(CN)c1ccccc1. The third-order valence-electron chi connectivity index (χ3n) is 2.00. The third kappa shape index (κ3) is 2.07. The molecule has 1 nitrogen and oxygen atoms in total. The average Bonchev–Trinajstić information content (AvgIpc) is 2.19. The summed E-state index contributed by atoms with van der Waals surface area (Å²) in [7, 11) is 0. The number of terminal acetylenes is 1. The Kier molecular flexibility index (Phi) is 3.05. The zero-order chi connectivity index (χ0) is 9.73. The minimum atomic E-state index is -1.57. The molecule has 68 valence electrons. The average molecular weight is 177 g/mol. The van der Waals surface area contributed by atoms with Crippen LogP contribution in [0.2, 0.25) is 0 Å². The van der Waals surface area contributed by atoms with Gasteiger partial charge in [0.1, 0.15) is 0 Å². The Morgan fingerprint density at radius 3 is 2.46 bits per heavy atom. The van der Waals surface area contributed by atoms with E-state index in [1.54, 1.807) is 24.3 Å². The van der Waals surface area contributed by atoms with Crippen LogP contribution in [0.5, 0.6) is 0 Å². The molecule has 2 N–H and O–H groups in total. The molecule has 1 rings (SSSR count). The molecule has 0 heterocycles. The number of halogens is 1. The molecule has 0 aliphatic rings. The van der Waals surface area contributed by atoms with Crippen molar-refractivity contribution in [3.63, 3.8) is 0 Å². The Labute approximate surface area is 77.8 Å². The summed E-state index contributed by atoms with van der Waals surface area (Å²) in [6, 6.07) is 8.77. The van der Waals surface area contributed by atoms with Gasteiger partial charge in [-0.3, -0.25) is 0 Å². The molecule has 1 unspecified atom stereocenters. The predicted octanol–water partition coefficient (Wildman–Crippen LogP) is 1.83. The van der Waals surface area contributed by atoms with Gasteiger partial charge in [-0.05, 0) is 5.56 Å². The van der Waals surface area contributed by atoms with E-state index in [-0.39, 0.29) is 13.0 Å². The Bertz CT molecular complexity index is 302. The summed E-state index contributed by atoms with van der Waals surface area (Å²) < 4.78 is 14.0. The lowest BCUT2D eigenvalue weighted by Gasteiger charge is -2.21. The van der Waals surface area contributed by atoms with Gasteiger partial charge in [-0.2, -0.15) is 0 Å². The molecule has 0 fully saturated rings. The molecule has 0 saturated carbocycles. The molecule has 1 atom stereocenters. The van der Waals surface area contributed by atoms with Crippen molar-refractivity contribution in [2.24, 2.45) is 5.73 Å². The van der Waals surface area contributed by atoms with Crippen molar-refractivity contribution in [2.45, 2.75) is 12.1 Å². The molecule has 1 aromatic rings. The van der Waals surface area contributed by atoms with Crippen LogP contribution in [0, 0.1) is 12.3 Å². The predicted molar refractivity (Wildman–Crippen MR) is 51.7 cm³/mol. The highest BCUT2D eigenvalue weighted by atomic mass is 19.1. The zero-order valence-corrected chi connectivity index (χ0v) is 7.33. The van der Waals surface area contributed by atoms with Crippen LogP contribution in [-0.2, 0) is 5.67 Å². The molecule has 0 bridgehead atoms. The first-order chi connectivity index (χ1) is 6.23. The number of alkyl halides is 1. The number of hydrogen-bond donors (Lipinski definition) is 1. The maximum Gasteiger partial charge on any atom is 0.158 e. The molecule has 0 amide bonds. The van der Waals surface area contributed by atoms with E-state index in [4.69, 9.17) is 12.2 Å². The molecule has 2 heteroatoms. The van der Waals surface area contributed by atoms with Crippen molar-refractivity contribution in [3.8, 4) is 12.3 Å². The van der Waals surface area contributed by atoms with Gasteiger partial charge in [-0.15, -0.1) is 12.3 Å². The maximum atomic E-state index is 14.0. The lowest BCUT2D eigenvalue weighted by atomic mass is 9.93. The van der Waals surface area contributed by atoms with Crippen LogP contribution in [0.1, 0.15) is 12.0 Å². The van der Waals surface area contributed by atoms with E-state index < -0.39 is 5.67 Å². The molecule has 0 aliphatic heterocycles. The molecular weight excluding hydrogens is 165 g/mol. The fraction of sp³-hybridized carbons (Fsp3) is 0.273. The number of hydrogen-bond acceptors (Lipinski definition) is 1. The first-order valence-corrected chi connectivity index (χ1v) is 4.11. The third-order valence-corrected chi connectivity index (χ3v) is 2.00. The van der Waals surface area contributed by atoms with Crippen molar-refractivity contribution < 1.29 is 4.39 Å². The Morgan fingerprint density at radius 1 is 1.38 bits per heavy atom. The Balaban J connectivity index is 2.97. The topological polar surface area (TPSA) is 26.0 Å². The first-order valence-electron chi connectivity index (χ1n) is 4.11. The van der Waals surface area contributed by atoms with Crippen molar-refractivity contribution in [3.05, 3.63) is 35.9 Å². The first kappa shape index (κ1) is 9.76. The highest BCUT2D eigenvalue weighted by Crippen LogP contribution is 2.27. The van der Waals surface area contributed by atoms with Crippen molar-refractivity contribution in [2.75, 3.05) is 6.54 Å². The van der Waals surface area contributed by atoms with Gasteiger partial charge in [0.05, 0.1) is 0 Å². The van der Waals surface area contributed by atoms with Gasteiger partial charge in [0, 0.05) is 13.0 Å². The van der Waals surface area contributed by atoms with Crippen LogP contribution in [0.15, 0.2) is 30.3 Å². The zero-order valence-electron chi connectivity index (χ0n) is 7.33. The normalized spacial score (nSPS) is 14.5. The monoisotopic (exact) mass is 177 g/mol. The molecule has 0 saturated heterocycles. The maximum absolute atomic E-state index is 14.0. The lowest BCUT2D eigenvalue weighted by molar-refractivity contribution is 0.183. The second-order valence-corrected chi connectivity index (χ2v) is 2.92. The van der Waals surface area contributed by atoms with Gasteiger partial charge >= 0.3 is 0 Å². The van der Waals surface area contributed by atoms with Crippen LogP contribution in [0.25, 0.3) is 0 Å².